The van der Waals surface area contributed by atoms with Gasteiger partial charge in [0.25, 0.3) is 0 Å². The van der Waals surface area contributed by atoms with E-state index in [0.29, 0.717) is 12.0 Å². The summed E-state index contributed by atoms with van der Waals surface area (Å²) in [5, 5.41) is 3.44. The molecular weight excluding hydrogens is 321 g/mol. The summed E-state index contributed by atoms with van der Waals surface area (Å²) >= 11 is 3.39. The van der Waals surface area contributed by atoms with Crippen molar-refractivity contribution in [3.8, 4) is 0 Å². The smallest absolute Gasteiger partial charge is 0.126 e. The molecule has 0 aliphatic rings. The number of halogens is 2. The van der Waals surface area contributed by atoms with Gasteiger partial charge in [0.2, 0.25) is 0 Å². The van der Waals surface area contributed by atoms with Crippen molar-refractivity contribution < 1.29 is 4.39 Å². The highest BCUT2D eigenvalue weighted by atomic mass is 79.9. The predicted molar refractivity (Wildman–Crippen MR) is 82.0 cm³/mol. The van der Waals surface area contributed by atoms with Gasteiger partial charge in [-0.3, -0.25) is 0 Å². The number of imidazole rings is 1. The molecule has 0 saturated carbocycles. The zero-order valence-electron chi connectivity index (χ0n) is 11.7. The normalized spacial score (nSPS) is 12.6. The van der Waals surface area contributed by atoms with Crippen LogP contribution < -0.4 is 5.32 Å². The molecule has 2 aromatic rings. The van der Waals surface area contributed by atoms with Gasteiger partial charge in [-0.25, -0.2) is 9.37 Å². The van der Waals surface area contributed by atoms with E-state index in [1.807, 2.05) is 23.9 Å². The van der Waals surface area contributed by atoms with E-state index in [9.17, 15) is 4.39 Å². The van der Waals surface area contributed by atoms with Gasteiger partial charge in [0.1, 0.15) is 5.82 Å². The van der Waals surface area contributed by atoms with Gasteiger partial charge >= 0.3 is 0 Å². The number of nitrogens with zero attached hydrogens (tertiary/aromatic N) is 2. The van der Waals surface area contributed by atoms with E-state index >= 15 is 0 Å². The van der Waals surface area contributed by atoms with E-state index < -0.39 is 0 Å². The molecule has 20 heavy (non-hydrogen) atoms. The van der Waals surface area contributed by atoms with Crippen molar-refractivity contribution in [3.05, 3.63) is 52.3 Å². The average molecular weight is 340 g/mol. The molecule has 1 N–H and O–H groups in total. The van der Waals surface area contributed by atoms with Crippen LogP contribution in [0.2, 0.25) is 0 Å². The number of rotatable bonds is 6. The number of aryl methyl sites for hydroxylation is 1. The Bertz CT molecular complexity index is 568. The fraction of sp³-hybridized carbons (Fsp3) is 0.400. The number of hydrogen-bond acceptors (Lipinski definition) is 2. The highest BCUT2D eigenvalue weighted by Gasteiger charge is 2.16. The number of hydrogen-bond donors (Lipinski definition) is 1. The van der Waals surface area contributed by atoms with Crippen molar-refractivity contribution in [1.82, 2.24) is 14.9 Å². The van der Waals surface area contributed by atoms with Gasteiger partial charge in [0.15, 0.2) is 0 Å². The largest absolute Gasteiger partial charge is 0.340 e. The van der Waals surface area contributed by atoms with E-state index in [4.69, 9.17) is 0 Å². The quantitative estimate of drug-likeness (QED) is 0.871. The lowest BCUT2D eigenvalue weighted by Gasteiger charge is -2.17. The number of aromatic nitrogens is 2. The maximum Gasteiger partial charge on any atom is 0.126 e. The summed E-state index contributed by atoms with van der Waals surface area (Å²) in [7, 11) is 1.94. The Morgan fingerprint density at radius 2 is 2.25 bits per heavy atom. The summed E-state index contributed by atoms with van der Waals surface area (Å²) in [6.07, 6.45) is 5.36. The molecule has 0 fully saturated rings. The molecule has 108 valence electrons. The molecule has 5 heteroatoms. The molecule has 0 radical (unpaired) electrons. The molecule has 3 nitrogen and oxygen atoms in total. The maximum atomic E-state index is 13.9. The third kappa shape index (κ3) is 3.90. The van der Waals surface area contributed by atoms with Gasteiger partial charge in [-0.2, -0.15) is 0 Å². The van der Waals surface area contributed by atoms with E-state index in [1.54, 1.807) is 12.4 Å². The van der Waals surface area contributed by atoms with Gasteiger partial charge < -0.3 is 9.88 Å². The van der Waals surface area contributed by atoms with Crippen LogP contribution in [0, 0.1) is 5.82 Å². The number of nitrogens with one attached hydrogen (secondary N) is 1. The first kappa shape index (κ1) is 15.2. The molecule has 1 atom stereocenters. The minimum Gasteiger partial charge on any atom is -0.340 e. The molecule has 1 aromatic heterocycles. The molecule has 2 rings (SSSR count). The average Bonchev–Trinajstić information content (AvgIpc) is 2.85. The van der Waals surface area contributed by atoms with Crippen molar-refractivity contribution in [1.29, 1.82) is 0 Å². The van der Waals surface area contributed by atoms with Gasteiger partial charge in [0.05, 0.1) is 18.1 Å². The fourth-order valence-electron chi connectivity index (χ4n) is 2.13. The Hall–Kier alpha value is -1.20. The van der Waals surface area contributed by atoms with E-state index in [0.717, 1.165) is 23.1 Å². The molecule has 0 saturated heterocycles. The van der Waals surface area contributed by atoms with Gasteiger partial charge in [-0.15, -0.1) is 0 Å². The Morgan fingerprint density at radius 1 is 1.45 bits per heavy atom. The van der Waals surface area contributed by atoms with Crippen LogP contribution in [0.3, 0.4) is 0 Å². The van der Waals surface area contributed by atoms with E-state index in [2.05, 4.69) is 33.2 Å². The van der Waals surface area contributed by atoms with Crippen molar-refractivity contribution in [2.45, 2.75) is 25.8 Å². The highest BCUT2D eigenvalue weighted by Crippen LogP contribution is 2.22. The zero-order valence-corrected chi connectivity index (χ0v) is 13.3. The monoisotopic (exact) mass is 339 g/mol. The van der Waals surface area contributed by atoms with Gasteiger partial charge in [0, 0.05) is 17.7 Å². The second kappa shape index (κ2) is 6.99. The zero-order chi connectivity index (χ0) is 14.5. The van der Waals surface area contributed by atoms with Crippen molar-refractivity contribution in [2.24, 2.45) is 7.05 Å². The Morgan fingerprint density at radius 3 is 2.90 bits per heavy atom. The van der Waals surface area contributed by atoms with Gasteiger partial charge in [-0.05, 0) is 43.1 Å². The van der Waals surface area contributed by atoms with E-state index in [-0.39, 0.29) is 11.9 Å². The van der Waals surface area contributed by atoms with Crippen molar-refractivity contribution in [3.63, 3.8) is 0 Å². The summed E-state index contributed by atoms with van der Waals surface area (Å²) in [4.78, 5) is 4.38. The summed E-state index contributed by atoms with van der Waals surface area (Å²) < 4.78 is 16.7. The van der Waals surface area contributed by atoms with Crippen LogP contribution in [0.4, 0.5) is 4.39 Å². The molecule has 0 bridgehead atoms. The Labute approximate surface area is 127 Å². The molecule has 0 aliphatic heterocycles. The molecule has 1 aromatic carbocycles. The van der Waals surface area contributed by atoms with Crippen molar-refractivity contribution in [2.75, 3.05) is 6.54 Å². The van der Waals surface area contributed by atoms with Crippen LogP contribution in [-0.4, -0.2) is 16.1 Å². The summed E-state index contributed by atoms with van der Waals surface area (Å²) in [5.74, 6) is -0.174. The van der Waals surface area contributed by atoms with Crippen LogP contribution in [0.1, 0.15) is 30.6 Å². The van der Waals surface area contributed by atoms with E-state index in [1.165, 1.54) is 6.07 Å². The third-order valence-electron chi connectivity index (χ3n) is 3.15. The molecule has 0 amide bonds. The lowest BCUT2D eigenvalue weighted by atomic mass is 10.0. The highest BCUT2D eigenvalue weighted by molar-refractivity contribution is 9.10. The SMILES string of the molecule is CCCNC(Cc1cc(Br)ccc1F)c1cn(C)cn1. The standard InChI is InChI=1S/C15H19BrFN3/c1-3-6-18-14(15-9-20(2)10-19-15)8-11-7-12(16)4-5-13(11)17/h4-5,7,9-10,14,18H,3,6,8H2,1-2H3. The summed E-state index contributed by atoms with van der Waals surface area (Å²) in [5.41, 5.74) is 1.64. The summed E-state index contributed by atoms with van der Waals surface area (Å²) in [6.45, 7) is 3.00. The predicted octanol–water partition coefficient (Wildman–Crippen LogP) is 3.61. The van der Waals surface area contributed by atoms with Crippen LogP contribution in [0.15, 0.2) is 35.2 Å². The minimum atomic E-state index is -0.174. The van der Waals surface area contributed by atoms with Crippen LogP contribution in [-0.2, 0) is 13.5 Å². The molecule has 0 spiro atoms. The second-order valence-electron chi connectivity index (χ2n) is 4.91. The molecule has 1 unspecified atom stereocenters. The second-order valence-corrected chi connectivity index (χ2v) is 5.83. The lowest BCUT2D eigenvalue weighted by molar-refractivity contribution is 0.504. The van der Waals surface area contributed by atoms with Crippen LogP contribution in [0.5, 0.6) is 0 Å². The molecule has 1 heterocycles. The maximum absolute atomic E-state index is 13.9. The minimum absolute atomic E-state index is 0.0277. The molecular formula is C15H19BrFN3. The summed E-state index contributed by atoms with van der Waals surface area (Å²) in [6, 6.07) is 5.07. The van der Waals surface area contributed by atoms with Crippen LogP contribution >= 0.6 is 15.9 Å². The van der Waals surface area contributed by atoms with Gasteiger partial charge in [-0.1, -0.05) is 22.9 Å². The lowest BCUT2D eigenvalue weighted by Crippen LogP contribution is -2.24. The fourth-order valence-corrected chi connectivity index (χ4v) is 2.54. The first-order valence-electron chi connectivity index (χ1n) is 6.75. The first-order chi connectivity index (χ1) is 9.60. The van der Waals surface area contributed by atoms with Crippen LogP contribution in [0.25, 0.3) is 0 Å². The Kier molecular flexibility index (Phi) is 5.31. The topological polar surface area (TPSA) is 29.9 Å². The first-order valence-corrected chi connectivity index (χ1v) is 7.54. The van der Waals surface area contributed by atoms with Crippen molar-refractivity contribution >= 4 is 15.9 Å². The number of benzene rings is 1. The third-order valence-corrected chi connectivity index (χ3v) is 3.65. The molecule has 0 aliphatic carbocycles. The Balaban J connectivity index is 2.21.